The van der Waals surface area contributed by atoms with Crippen molar-refractivity contribution in [2.24, 2.45) is 0 Å². The van der Waals surface area contributed by atoms with Crippen molar-refractivity contribution in [3.05, 3.63) is 42.2 Å². The topological polar surface area (TPSA) is 52.8 Å². The zero-order chi connectivity index (χ0) is 13.9. The van der Waals surface area contributed by atoms with Gasteiger partial charge in [-0.05, 0) is 32.1 Å². The van der Waals surface area contributed by atoms with Gasteiger partial charge in [-0.1, -0.05) is 30.9 Å². The third-order valence-electron chi connectivity index (χ3n) is 2.55. The van der Waals surface area contributed by atoms with E-state index in [1.807, 2.05) is 45.0 Å². The second-order valence-corrected chi connectivity index (χ2v) is 5.20. The van der Waals surface area contributed by atoms with Gasteiger partial charge in [0, 0.05) is 5.56 Å². The summed E-state index contributed by atoms with van der Waals surface area (Å²) in [5, 5.41) is 12.3. The number of rotatable bonds is 4. The lowest BCUT2D eigenvalue weighted by Gasteiger charge is -2.15. The molecule has 0 atom stereocenters. The lowest BCUT2D eigenvalue weighted by molar-refractivity contribution is 0.283. The molecule has 19 heavy (non-hydrogen) atoms. The van der Waals surface area contributed by atoms with Crippen LogP contribution in [0.1, 0.15) is 32.2 Å². The number of benzene rings is 1. The number of ether oxygens (including phenoxy) is 1. The molecule has 0 aliphatic carbocycles. The van der Waals surface area contributed by atoms with Gasteiger partial charge in [0.15, 0.2) is 6.61 Å². The van der Waals surface area contributed by atoms with Crippen LogP contribution in [0.15, 0.2) is 30.8 Å². The number of tetrazole rings is 1. The fraction of sp³-hybridized carbons (Fsp3) is 0.357. The summed E-state index contributed by atoms with van der Waals surface area (Å²) < 4.78 is 5.69. The SMILES string of the molecule is C=Cc1ccccc1OCc1nnn(C(C)(C)C)n1. The van der Waals surface area contributed by atoms with E-state index in [0.717, 1.165) is 11.3 Å². The number of hydrogen-bond acceptors (Lipinski definition) is 4. The van der Waals surface area contributed by atoms with E-state index in [1.54, 1.807) is 10.9 Å². The molecule has 0 amide bonds. The summed E-state index contributed by atoms with van der Waals surface area (Å²) in [6.45, 7) is 10.1. The molecule has 0 fully saturated rings. The molecule has 0 aliphatic heterocycles. The summed E-state index contributed by atoms with van der Waals surface area (Å²) in [6, 6.07) is 7.70. The van der Waals surface area contributed by atoms with Gasteiger partial charge >= 0.3 is 0 Å². The molecule has 5 nitrogen and oxygen atoms in total. The van der Waals surface area contributed by atoms with E-state index >= 15 is 0 Å². The Morgan fingerprint density at radius 2 is 2.05 bits per heavy atom. The van der Waals surface area contributed by atoms with E-state index in [4.69, 9.17) is 4.74 Å². The first kappa shape index (κ1) is 13.3. The minimum Gasteiger partial charge on any atom is -0.485 e. The standard InChI is InChI=1S/C14H18N4O/c1-5-11-8-6-7-9-12(11)19-10-13-15-17-18(16-13)14(2,3)4/h5-9H,1,10H2,2-4H3. The van der Waals surface area contributed by atoms with E-state index in [2.05, 4.69) is 22.0 Å². The first-order valence-corrected chi connectivity index (χ1v) is 6.14. The van der Waals surface area contributed by atoms with E-state index in [-0.39, 0.29) is 5.54 Å². The summed E-state index contributed by atoms with van der Waals surface area (Å²) in [5.74, 6) is 1.33. The molecule has 0 spiro atoms. The van der Waals surface area contributed by atoms with Crippen molar-refractivity contribution < 1.29 is 4.74 Å². The van der Waals surface area contributed by atoms with Crippen molar-refractivity contribution in [2.45, 2.75) is 32.9 Å². The maximum atomic E-state index is 5.69. The maximum absolute atomic E-state index is 5.69. The Labute approximate surface area is 112 Å². The van der Waals surface area contributed by atoms with Gasteiger partial charge in [-0.25, -0.2) is 0 Å². The normalized spacial score (nSPS) is 11.3. The minimum absolute atomic E-state index is 0.176. The van der Waals surface area contributed by atoms with Gasteiger partial charge < -0.3 is 4.74 Å². The van der Waals surface area contributed by atoms with Crippen molar-refractivity contribution >= 4 is 6.08 Å². The highest BCUT2D eigenvalue weighted by molar-refractivity contribution is 5.55. The zero-order valence-corrected chi connectivity index (χ0v) is 11.5. The molecule has 0 unspecified atom stereocenters. The monoisotopic (exact) mass is 258 g/mol. The Kier molecular flexibility index (Phi) is 3.64. The second kappa shape index (κ2) is 5.22. The van der Waals surface area contributed by atoms with E-state index in [9.17, 15) is 0 Å². The fourth-order valence-electron chi connectivity index (χ4n) is 1.51. The first-order valence-electron chi connectivity index (χ1n) is 6.14. The molecular weight excluding hydrogens is 240 g/mol. The van der Waals surface area contributed by atoms with Gasteiger partial charge in [0.05, 0.1) is 5.54 Å². The quantitative estimate of drug-likeness (QED) is 0.846. The molecular formula is C14H18N4O. The van der Waals surface area contributed by atoms with Gasteiger partial charge in [0.25, 0.3) is 0 Å². The average molecular weight is 258 g/mol. The molecule has 100 valence electrons. The highest BCUT2D eigenvalue weighted by Gasteiger charge is 2.17. The molecule has 0 saturated heterocycles. The highest BCUT2D eigenvalue weighted by Crippen LogP contribution is 2.19. The molecule has 1 heterocycles. The van der Waals surface area contributed by atoms with Crippen molar-refractivity contribution in [3.8, 4) is 5.75 Å². The third kappa shape index (κ3) is 3.19. The summed E-state index contributed by atoms with van der Waals surface area (Å²) in [5.41, 5.74) is 0.773. The number of para-hydroxylation sites is 1. The van der Waals surface area contributed by atoms with Crippen LogP contribution in [0.4, 0.5) is 0 Å². The Hall–Kier alpha value is -2.17. The third-order valence-corrected chi connectivity index (χ3v) is 2.55. The minimum atomic E-state index is -0.176. The second-order valence-electron chi connectivity index (χ2n) is 5.20. The Morgan fingerprint density at radius 3 is 2.68 bits per heavy atom. The van der Waals surface area contributed by atoms with Crippen LogP contribution in [0.3, 0.4) is 0 Å². The lowest BCUT2D eigenvalue weighted by atomic mass is 10.1. The predicted molar refractivity (Wildman–Crippen MR) is 73.7 cm³/mol. The molecule has 1 aromatic carbocycles. The Balaban J connectivity index is 2.07. The maximum Gasteiger partial charge on any atom is 0.212 e. The fourth-order valence-corrected chi connectivity index (χ4v) is 1.51. The summed E-state index contributed by atoms with van der Waals surface area (Å²) in [7, 11) is 0. The van der Waals surface area contributed by atoms with E-state index < -0.39 is 0 Å². The lowest BCUT2D eigenvalue weighted by Crippen LogP contribution is -2.24. The Bertz CT molecular complexity index is 569. The van der Waals surface area contributed by atoms with Gasteiger partial charge in [-0.2, -0.15) is 4.80 Å². The molecule has 0 aliphatic rings. The van der Waals surface area contributed by atoms with E-state index in [1.165, 1.54) is 0 Å². The number of aromatic nitrogens is 4. The van der Waals surface area contributed by atoms with Gasteiger partial charge in [-0.3, -0.25) is 0 Å². The summed E-state index contributed by atoms with van der Waals surface area (Å²) >= 11 is 0. The average Bonchev–Trinajstić information content (AvgIpc) is 2.85. The van der Waals surface area contributed by atoms with Crippen LogP contribution in [-0.2, 0) is 12.1 Å². The van der Waals surface area contributed by atoms with Crippen LogP contribution in [0.25, 0.3) is 6.08 Å². The van der Waals surface area contributed by atoms with Crippen molar-refractivity contribution in [1.82, 2.24) is 20.2 Å². The molecule has 5 heteroatoms. The molecule has 2 rings (SSSR count). The Morgan fingerprint density at radius 1 is 1.32 bits per heavy atom. The number of hydrogen-bond donors (Lipinski definition) is 0. The predicted octanol–water partition coefficient (Wildman–Crippen LogP) is 2.65. The van der Waals surface area contributed by atoms with Gasteiger partial charge in [0.1, 0.15) is 5.75 Å². The van der Waals surface area contributed by atoms with Crippen molar-refractivity contribution in [1.29, 1.82) is 0 Å². The molecule has 2 aromatic rings. The summed E-state index contributed by atoms with van der Waals surface area (Å²) in [6.07, 6.45) is 1.76. The van der Waals surface area contributed by atoms with Crippen LogP contribution in [0.2, 0.25) is 0 Å². The number of nitrogens with zero attached hydrogens (tertiary/aromatic N) is 4. The molecule has 0 bridgehead atoms. The van der Waals surface area contributed by atoms with E-state index in [0.29, 0.717) is 12.4 Å². The van der Waals surface area contributed by atoms with Crippen LogP contribution in [0, 0.1) is 0 Å². The largest absolute Gasteiger partial charge is 0.485 e. The van der Waals surface area contributed by atoms with Crippen molar-refractivity contribution in [2.75, 3.05) is 0 Å². The van der Waals surface area contributed by atoms with Crippen LogP contribution in [-0.4, -0.2) is 20.2 Å². The van der Waals surface area contributed by atoms with Crippen LogP contribution in [0.5, 0.6) is 5.75 Å². The highest BCUT2D eigenvalue weighted by atomic mass is 16.5. The van der Waals surface area contributed by atoms with Crippen LogP contribution < -0.4 is 4.74 Å². The molecule has 0 N–H and O–H groups in total. The zero-order valence-electron chi connectivity index (χ0n) is 11.5. The van der Waals surface area contributed by atoms with Crippen molar-refractivity contribution in [3.63, 3.8) is 0 Å². The molecule has 0 saturated carbocycles. The molecule has 0 radical (unpaired) electrons. The smallest absolute Gasteiger partial charge is 0.212 e. The van der Waals surface area contributed by atoms with Gasteiger partial charge in [-0.15, -0.1) is 10.2 Å². The molecule has 1 aromatic heterocycles. The van der Waals surface area contributed by atoms with Crippen LogP contribution >= 0.6 is 0 Å². The van der Waals surface area contributed by atoms with Gasteiger partial charge in [0.2, 0.25) is 5.82 Å². The summed E-state index contributed by atoms with van der Waals surface area (Å²) in [4.78, 5) is 1.59. The first-order chi connectivity index (χ1) is 9.00.